The number of hydrogen-bond donors (Lipinski definition) is 0. The number of ether oxygens (including phenoxy) is 1. The Morgan fingerprint density at radius 2 is 2.12 bits per heavy atom. The van der Waals surface area contributed by atoms with Crippen molar-refractivity contribution in [1.29, 1.82) is 0 Å². The second-order valence-corrected chi connectivity index (χ2v) is 7.70. The minimum atomic E-state index is -0.551. The highest BCUT2D eigenvalue weighted by atomic mass is 16.5. The van der Waals surface area contributed by atoms with Crippen LogP contribution in [-0.2, 0) is 31.0 Å². The van der Waals surface area contributed by atoms with Gasteiger partial charge in [0.25, 0.3) is 0 Å². The van der Waals surface area contributed by atoms with Gasteiger partial charge < -0.3 is 9.15 Å². The molecule has 2 aromatic rings. The van der Waals surface area contributed by atoms with Crippen molar-refractivity contribution >= 4 is 0 Å². The predicted molar refractivity (Wildman–Crippen MR) is 93.7 cm³/mol. The Labute approximate surface area is 151 Å². The van der Waals surface area contributed by atoms with Gasteiger partial charge in [0.2, 0.25) is 0 Å². The third-order valence-electron chi connectivity index (χ3n) is 5.06. The minimum Gasteiger partial charge on any atom is -0.468 e. The Morgan fingerprint density at radius 3 is 2.85 bits per heavy atom. The van der Waals surface area contributed by atoms with Gasteiger partial charge in [0, 0.05) is 19.6 Å². The highest BCUT2D eigenvalue weighted by molar-refractivity contribution is 5.04. The van der Waals surface area contributed by atoms with Gasteiger partial charge >= 0.3 is 11.1 Å². The largest absolute Gasteiger partial charge is 0.468 e. The molecule has 2 aliphatic heterocycles. The molecular weight excluding hydrogens is 336 g/mol. The van der Waals surface area contributed by atoms with Gasteiger partial charge in [-0.1, -0.05) is 13.8 Å². The summed E-state index contributed by atoms with van der Waals surface area (Å²) in [4.78, 5) is 27.2. The van der Waals surface area contributed by atoms with Gasteiger partial charge in [0.05, 0.1) is 19.4 Å². The number of fused-ring (bicyclic) bond motifs is 1. The molecule has 1 spiro atoms. The van der Waals surface area contributed by atoms with Crippen molar-refractivity contribution in [2.24, 2.45) is 5.92 Å². The molecule has 0 bridgehead atoms. The van der Waals surface area contributed by atoms with Crippen LogP contribution in [0.25, 0.3) is 0 Å². The molecule has 0 radical (unpaired) electrons. The quantitative estimate of drug-likeness (QED) is 0.751. The van der Waals surface area contributed by atoms with E-state index in [2.05, 4.69) is 10.00 Å². The summed E-state index contributed by atoms with van der Waals surface area (Å²) in [6.07, 6.45) is 2.48. The first-order chi connectivity index (χ1) is 12.5. The maximum atomic E-state index is 12.6. The van der Waals surface area contributed by atoms with E-state index in [-0.39, 0.29) is 12.5 Å². The van der Waals surface area contributed by atoms with Gasteiger partial charge in [-0.25, -0.2) is 4.68 Å². The fourth-order valence-corrected chi connectivity index (χ4v) is 3.80. The number of aromatic nitrogens is 3. The van der Waals surface area contributed by atoms with Gasteiger partial charge in [-0.05, 0) is 24.5 Å². The Hall–Kier alpha value is -2.19. The lowest BCUT2D eigenvalue weighted by Crippen LogP contribution is -2.53. The SMILES string of the molecule is CC(C)Cn1nc2n(c(=O)c1=O)CC1(CCN(Cc3ccco3)C1)OC2. The molecule has 1 fully saturated rings. The van der Waals surface area contributed by atoms with Crippen molar-refractivity contribution in [2.75, 3.05) is 13.1 Å². The van der Waals surface area contributed by atoms with E-state index >= 15 is 0 Å². The average molecular weight is 360 g/mol. The van der Waals surface area contributed by atoms with Crippen LogP contribution in [0.2, 0.25) is 0 Å². The van der Waals surface area contributed by atoms with Crippen LogP contribution in [0.15, 0.2) is 32.4 Å². The summed E-state index contributed by atoms with van der Waals surface area (Å²) in [6.45, 7) is 7.32. The lowest BCUT2D eigenvalue weighted by Gasteiger charge is -2.35. The van der Waals surface area contributed by atoms with E-state index in [1.165, 1.54) is 9.25 Å². The number of rotatable bonds is 4. The Morgan fingerprint density at radius 1 is 1.27 bits per heavy atom. The lowest BCUT2D eigenvalue weighted by atomic mass is 10.0. The molecule has 2 aliphatic rings. The van der Waals surface area contributed by atoms with Crippen molar-refractivity contribution in [3.63, 3.8) is 0 Å². The summed E-state index contributed by atoms with van der Waals surface area (Å²) < 4.78 is 14.4. The van der Waals surface area contributed by atoms with Gasteiger partial charge in [-0.2, -0.15) is 5.10 Å². The van der Waals surface area contributed by atoms with Crippen LogP contribution in [0.4, 0.5) is 0 Å². The molecule has 140 valence electrons. The second kappa shape index (κ2) is 6.51. The summed E-state index contributed by atoms with van der Waals surface area (Å²) in [7, 11) is 0. The zero-order valence-electron chi connectivity index (χ0n) is 15.2. The number of furan rings is 1. The van der Waals surface area contributed by atoms with Gasteiger partial charge in [-0.15, -0.1) is 0 Å². The van der Waals surface area contributed by atoms with E-state index in [4.69, 9.17) is 9.15 Å². The number of nitrogens with zero attached hydrogens (tertiary/aromatic N) is 4. The molecule has 0 saturated carbocycles. The van der Waals surface area contributed by atoms with Crippen molar-refractivity contribution < 1.29 is 9.15 Å². The van der Waals surface area contributed by atoms with Crippen LogP contribution < -0.4 is 11.1 Å². The topological polar surface area (TPSA) is 82.5 Å². The molecule has 0 aliphatic carbocycles. The van der Waals surface area contributed by atoms with Gasteiger partial charge in [0.15, 0.2) is 5.82 Å². The summed E-state index contributed by atoms with van der Waals surface area (Å²) in [5.74, 6) is 1.68. The monoisotopic (exact) mass is 360 g/mol. The molecule has 0 aromatic carbocycles. The molecule has 1 saturated heterocycles. The third-order valence-corrected chi connectivity index (χ3v) is 5.06. The van der Waals surface area contributed by atoms with E-state index < -0.39 is 16.7 Å². The highest BCUT2D eigenvalue weighted by Crippen LogP contribution is 2.31. The van der Waals surface area contributed by atoms with Crippen LogP contribution >= 0.6 is 0 Å². The lowest BCUT2D eigenvalue weighted by molar-refractivity contribution is -0.0861. The summed E-state index contributed by atoms with van der Waals surface area (Å²) in [5, 5.41) is 4.36. The van der Waals surface area contributed by atoms with Gasteiger partial charge in [0.1, 0.15) is 18.0 Å². The number of hydrogen-bond acceptors (Lipinski definition) is 6. The molecule has 0 amide bonds. The van der Waals surface area contributed by atoms with E-state index in [1.807, 2.05) is 26.0 Å². The molecule has 4 rings (SSSR count). The second-order valence-electron chi connectivity index (χ2n) is 7.70. The fourth-order valence-electron chi connectivity index (χ4n) is 3.80. The van der Waals surface area contributed by atoms with E-state index in [0.717, 1.165) is 18.7 Å². The first-order valence-electron chi connectivity index (χ1n) is 9.05. The minimum absolute atomic E-state index is 0.239. The molecule has 1 atom stereocenters. The van der Waals surface area contributed by atoms with Crippen molar-refractivity contribution in [3.8, 4) is 0 Å². The smallest absolute Gasteiger partial charge is 0.332 e. The maximum absolute atomic E-state index is 12.6. The van der Waals surface area contributed by atoms with Crippen LogP contribution in [0.1, 0.15) is 31.9 Å². The van der Waals surface area contributed by atoms with E-state index in [1.54, 1.807) is 6.26 Å². The van der Waals surface area contributed by atoms with Crippen LogP contribution in [0.5, 0.6) is 0 Å². The normalized spacial score (nSPS) is 23.0. The molecule has 2 aromatic heterocycles. The maximum Gasteiger partial charge on any atom is 0.332 e. The molecular formula is C18H24N4O4. The molecule has 0 N–H and O–H groups in total. The van der Waals surface area contributed by atoms with Crippen molar-refractivity contribution in [2.45, 2.75) is 52.1 Å². The van der Waals surface area contributed by atoms with E-state index in [9.17, 15) is 9.59 Å². The highest BCUT2D eigenvalue weighted by Gasteiger charge is 2.43. The first kappa shape index (κ1) is 17.2. The van der Waals surface area contributed by atoms with Gasteiger partial charge in [-0.3, -0.25) is 19.1 Å². The van der Waals surface area contributed by atoms with Crippen molar-refractivity contribution in [3.05, 3.63) is 50.7 Å². The van der Waals surface area contributed by atoms with E-state index in [0.29, 0.717) is 32.0 Å². The molecule has 8 heteroatoms. The Balaban J connectivity index is 1.55. The zero-order chi connectivity index (χ0) is 18.3. The average Bonchev–Trinajstić information content (AvgIpc) is 3.24. The summed E-state index contributed by atoms with van der Waals surface area (Å²) in [6, 6.07) is 3.83. The first-order valence-corrected chi connectivity index (χ1v) is 9.05. The Kier molecular flexibility index (Phi) is 4.32. The number of likely N-dealkylation sites (tertiary alicyclic amines) is 1. The standard InChI is InChI=1S/C18H24N4O4/c1-13(2)8-22-17(24)16(23)21-12-18(26-10-15(21)19-22)5-6-20(11-18)9-14-4-3-7-25-14/h3-4,7,13H,5-6,8-12H2,1-2H3. The molecule has 8 nitrogen and oxygen atoms in total. The van der Waals surface area contributed by atoms with Crippen molar-refractivity contribution in [1.82, 2.24) is 19.2 Å². The molecule has 1 unspecified atom stereocenters. The van der Waals surface area contributed by atoms with Crippen LogP contribution in [0, 0.1) is 5.92 Å². The Bertz CT molecular complexity index is 899. The molecule has 4 heterocycles. The molecule has 26 heavy (non-hydrogen) atoms. The third kappa shape index (κ3) is 3.14. The predicted octanol–water partition coefficient (Wildman–Crippen LogP) is 0.829. The fraction of sp³-hybridized carbons (Fsp3) is 0.611. The summed E-state index contributed by atoms with van der Waals surface area (Å²) >= 11 is 0. The summed E-state index contributed by atoms with van der Waals surface area (Å²) in [5.41, 5.74) is -1.49. The van der Waals surface area contributed by atoms with Crippen LogP contribution in [0.3, 0.4) is 0 Å². The zero-order valence-corrected chi connectivity index (χ0v) is 15.2. The van der Waals surface area contributed by atoms with Crippen LogP contribution in [-0.4, -0.2) is 37.9 Å².